The van der Waals surface area contributed by atoms with Crippen LogP contribution in [0.15, 0.2) is 5.38 Å². The second-order valence-corrected chi connectivity index (χ2v) is 5.20. The highest BCUT2D eigenvalue weighted by atomic mass is 32.1. The molecule has 0 spiro atoms. The molecule has 2 aromatic rings. The van der Waals surface area contributed by atoms with Crippen molar-refractivity contribution in [3.63, 3.8) is 0 Å². The third-order valence-corrected chi connectivity index (χ3v) is 3.55. The summed E-state index contributed by atoms with van der Waals surface area (Å²) in [6.45, 7) is 6.29. The molecule has 2 heterocycles. The van der Waals surface area contributed by atoms with Crippen molar-refractivity contribution in [1.29, 1.82) is 0 Å². The molecule has 6 heteroatoms. The Morgan fingerprint density at radius 2 is 2.33 bits per heavy atom. The highest BCUT2D eigenvalue weighted by Gasteiger charge is 2.18. The molecule has 0 aliphatic carbocycles. The maximum Gasteiger partial charge on any atom is 0.311 e. The number of nitrogen functional groups attached to an aromatic ring is 1. The van der Waals surface area contributed by atoms with Gasteiger partial charge in [0.2, 0.25) is 0 Å². The van der Waals surface area contributed by atoms with Gasteiger partial charge in [0.05, 0.1) is 18.7 Å². The van der Waals surface area contributed by atoms with E-state index in [-0.39, 0.29) is 18.3 Å². The van der Waals surface area contributed by atoms with E-state index in [0.29, 0.717) is 12.4 Å². The normalized spacial score (nSPS) is 11.3. The Hall–Kier alpha value is -1.56. The van der Waals surface area contributed by atoms with E-state index in [2.05, 4.69) is 4.98 Å². The van der Waals surface area contributed by atoms with Crippen molar-refractivity contribution in [2.24, 2.45) is 0 Å². The maximum atomic E-state index is 11.5. The Balaban J connectivity index is 2.37. The minimum Gasteiger partial charge on any atom is -0.466 e. The summed E-state index contributed by atoms with van der Waals surface area (Å²) >= 11 is 1.49. The van der Waals surface area contributed by atoms with Crippen LogP contribution < -0.4 is 5.73 Å². The lowest BCUT2D eigenvalue weighted by Crippen LogP contribution is -2.10. The van der Waals surface area contributed by atoms with Crippen LogP contribution in [-0.4, -0.2) is 22.0 Å². The molecule has 18 heavy (non-hydrogen) atoms. The summed E-state index contributed by atoms with van der Waals surface area (Å²) in [5, 5.41) is 1.90. The number of hydrogen-bond acceptors (Lipinski definition) is 5. The molecular weight excluding hydrogens is 250 g/mol. The van der Waals surface area contributed by atoms with Crippen LogP contribution in [0.3, 0.4) is 0 Å². The van der Waals surface area contributed by atoms with Gasteiger partial charge in [-0.1, -0.05) is 13.8 Å². The molecular formula is C12H17N3O2S. The molecule has 0 unspecified atom stereocenters. The fourth-order valence-electron chi connectivity index (χ4n) is 1.86. The van der Waals surface area contributed by atoms with E-state index < -0.39 is 0 Å². The molecule has 2 N–H and O–H groups in total. The van der Waals surface area contributed by atoms with E-state index in [0.717, 1.165) is 16.3 Å². The van der Waals surface area contributed by atoms with Gasteiger partial charge in [-0.05, 0) is 12.8 Å². The number of carbonyl (C=O) groups excluding carboxylic acids is 1. The summed E-state index contributed by atoms with van der Waals surface area (Å²) < 4.78 is 6.79. The first kappa shape index (κ1) is 12.9. The molecule has 0 saturated carbocycles. The number of nitrogens with two attached hydrogens (primary N) is 1. The van der Waals surface area contributed by atoms with E-state index in [1.807, 2.05) is 23.6 Å². The first-order valence-corrected chi connectivity index (χ1v) is 6.82. The standard InChI is InChI=1S/C12H17N3O2S/c1-4-17-9(16)5-8-6-18-12-14-10(7(2)3)11(13)15(8)12/h6-7H,4-5,13H2,1-3H3. The van der Waals surface area contributed by atoms with E-state index >= 15 is 0 Å². The monoisotopic (exact) mass is 267 g/mol. The molecule has 0 saturated heterocycles. The van der Waals surface area contributed by atoms with Crippen LogP contribution in [0.4, 0.5) is 5.82 Å². The number of fused-ring (bicyclic) bond motifs is 1. The highest BCUT2D eigenvalue weighted by molar-refractivity contribution is 7.15. The fraction of sp³-hybridized carbons (Fsp3) is 0.500. The van der Waals surface area contributed by atoms with Crippen LogP contribution in [0, 0.1) is 0 Å². The van der Waals surface area contributed by atoms with Gasteiger partial charge in [0.25, 0.3) is 0 Å². The predicted molar refractivity (Wildman–Crippen MR) is 71.9 cm³/mol. The minimum atomic E-state index is -0.239. The number of aromatic nitrogens is 2. The maximum absolute atomic E-state index is 11.5. The largest absolute Gasteiger partial charge is 0.466 e. The summed E-state index contributed by atoms with van der Waals surface area (Å²) in [4.78, 5) is 16.8. The Bertz CT molecular complexity index is 571. The van der Waals surface area contributed by atoms with Crippen molar-refractivity contribution in [3.05, 3.63) is 16.8 Å². The molecule has 0 aliphatic heterocycles. The van der Waals surface area contributed by atoms with Crippen molar-refractivity contribution in [2.75, 3.05) is 12.3 Å². The Morgan fingerprint density at radius 3 is 2.94 bits per heavy atom. The lowest BCUT2D eigenvalue weighted by atomic mass is 10.1. The minimum absolute atomic E-state index is 0.228. The second-order valence-electron chi connectivity index (χ2n) is 4.36. The van der Waals surface area contributed by atoms with Crippen molar-refractivity contribution in [3.8, 4) is 0 Å². The third-order valence-electron chi connectivity index (χ3n) is 2.68. The number of carbonyl (C=O) groups is 1. The fourth-order valence-corrected chi connectivity index (χ4v) is 2.77. The molecule has 2 aromatic heterocycles. The topological polar surface area (TPSA) is 69.6 Å². The number of imidazole rings is 1. The van der Waals surface area contributed by atoms with E-state index in [4.69, 9.17) is 10.5 Å². The molecule has 2 rings (SSSR count). The number of thiazole rings is 1. The predicted octanol–water partition coefficient (Wildman–Crippen LogP) is 2.21. The van der Waals surface area contributed by atoms with Crippen molar-refractivity contribution < 1.29 is 9.53 Å². The van der Waals surface area contributed by atoms with Crippen LogP contribution in [0.2, 0.25) is 0 Å². The number of rotatable bonds is 4. The molecule has 0 fully saturated rings. The van der Waals surface area contributed by atoms with Gasteiger partial charge >= 0.3 is 5.97 Å². The van der Waals surface area contributed by atoms with Crippen LogP contribution in [0.1, 0.15) is 38.1 Å². The van der Waals surface area contributed by atoms with E-state index in [1.54, 1.807) is 6.92 Å². The average molecular weight is 267 g/mol. The smallest absolute Gasteiger partial charge is 0.311 e. The summed E-state index contributed by atoms with van der Waals surface area (Å²) in [6, 6.07) is 0. The van der Waals surface area contributed by atoms with Crippen molar-refractivity contribution in [2.45, 2.75) is 33.1 Å². The highest BCUT2D eigenvalue weighted by Crippen LogP contribution is 2.27. The van der Waals surface area contributed by atoms with Gasteiger partial charge in [0.1, 0.15) is 5.82 Å². The summed E-state index contributed by atoms with van der Waals surface area (Å²) in [7, 11) is 0. The zero-order valence-corrected chi connectivity index (χ0v) is 11.6. The molecule has 0 radical (unpaired) electrons. The van der Waals surface area contributed by atoms with Gasteiger partial charge in [0, 0.05) is 11.1 Å². The van der Waals surface area contributed by atoms with Gasteiger partial charge < -0.3 is 10.5 Å². The molecule has 0 atom stereocenters. The number of ether oxygens (including phenoxy) is 1. The van der Waals surface area contributed by atoms with Gasteiger partial charge in [-0.15, -0.1) is 11.3 Å². The van der Waals surface area contributed by atoms with E-state index in [9.17, 15) is 4.79 Å². The number of nitrogens with zero attached hydrogens (tertiary/aromatic N) is 2. The Labute approximate surface area is 110 Å². The molecule has 0 aliphatic rings. The van der Waals surface area contributed by atoms with Crippen molar-refractivity contribution >= 4 is 28.1 Å². The first-order valence-electron chi connectivity index (χ1n) is 5.94. The zero-order valence-electron chi connectivity index (χ0n) is 10.8. The van der Waals surface area contributed by atoms with Gasteiger partial charge in [-0.3, -0.25) is 9.20 Å². The van der Waals surface area contributed by atoms with E-state index in [1.165, 1.54) is 11.3 Å². The SMILES string of the molecule is CCOC(=O)Cc1csc2nc(C(C)C)c(N)n12. The number of hydrogen-bond donors (Lipinski definition) is 1. The third kappa shape index (κ3) is 2.20. The van der Waals surface area contributed by atoms with Gasteiger partial charge in [-0.2, -0.15) is 0 Å². The number of esters is 1. The van der Waals surface area contributed by atoms with Crippen molar-refractivity contribution in [1.82, 2.24) is 9.38 Å². The van der Waals surface area contributed by atoms with Crippen LogP contribution in [0.25, 0.3) is 4.96 Å². The average Bonchev–Trinajstić information content (AvgIpc) is 2.81. The Kier molecular flexibility index (Phi) is 3.56. The van der Waals surface area contributed by atoms with Crippen LogP contribution in [0.5, 0.6) is 0 Å². The lowest BCUT2D eigenvalue weighted by molar-refractivity contribution is -0.142. The first-order chi connectivity index (χ1) is 8.54. The summed E-state index contributed by atoms with van der Waals surface area (Å²) in [5.41, 5.74) is 7.81. The number of anilines is 1. The molecule has 0 aromatic carbocycles. The summed E-state index contributed by atoms with van der Waals surface area (Å²) in [6.07, 6.45) is 0.228. The van der Waals surface area contributed by atoms with Gasteiger partial charge in [0.15, 0.2) is 4.96 Å². The zero-order chi connectivity index (χ0) is 13.3. The lowest BCUT2D eigenvalue weighted by Gasteiger charge is -2.04. The van der Waals surface area contributed by atoms with Gasteiger partial charge in [-0.25, -0.2) is 4.98 Å². The van der Waals surface area contributed by atoms with Crippen LogP contribution >= 0.6 is 11.3 Å². The van der Waals surface area contributed by atoms with Crippen LogP contribution in [-0.2, 0) is 16.0 Å². The second kappa shape index (κ2) is 4.97. The molecule has 98 valence electrons. The molecule has 5 nitrogen and oxygen atoms in total. The molecule has 0 amide bonds. The molecule has 0 bridgehead atoms. The summed E-state index contributed by atoms with van der Waals surface area (Å²) in [5.74, 6) is 0.657. The Morgan fingerprint density at radius 1 is 1.61 bits per heavy atom. The quantitative estimate of drug-likeness (QED) is 0.862.